The molecule has 0 bridgehead atoms. The molecule has 13 nitrogen and oxygen atoms in total. The van der Waals surface area contributed by atoms with Gasteiger partial charge in [0, 0.05) is 29.0 Å². The molecule has 2 aromatic heterocycles. The van der Waals surface area contributed by atoms with E-state index in [-0.39, 0.29) is 51.2 Å². The molecule has 0 aliphatic carbocycles. The lowest BCUT2D eigenvalue weighted by atomic mass is 10.0. The number of carbonyl (C=O) groups is 3. The number of amides is 1. The normalized spacial score (nSPS) is 10.9. The first-order chi connectivity index (χ1) is 20.3. The molecule has 2 heterocycles. The van der Waals surface area contributed by atoms with E-state index in [4.69, 9.17) is 4.74 Å². The number of carbonyl (C=O) groups excluding carboxylic acids is 3. The molecular weight excluding hydrogens is 540 g/mol. The first-order valence-electron chi connectivity index (χ1n) is 12.3. The number of ether oxygens (including phenoxy) is 1. The number of esters is 1. The van der Waals surface area contributed by atoms with E-state index >= 15 is 0 Å². The van der Waals surface area contributed by atoms with E-state index in [1.54, 1.807) is 30.3 Å². The molecule has 0 spiro atoms. The second kappa shape index (κ2) is 11.4. The first kappa shape index (κ1) is 27.3. The Morgan fingerprint density at radius 2 is 1.76 bits per heavy atom. The summed E-state index contributed by atoms with van der Waals surface area (Å²) in [7, 11) is 1.20. The summed E-state index contributed by atoms with van der Waals surface area (Å²) in [5.74, 6) is -2.10. The van der Waals surface area contributed by atoms with Gasteiger partial charge in [-0.25, -0.2) is 14.8 Å². The summed E-state index contributed by atoms with van der Waals surface area (Å²) in [5.41, 5.74) is 0.250. The number of fused-ring (bicyclic) bond motifs is 1. The Kier molecular flexibility index (Phi) is 7.43. The lowest BCUT2D eigenvalue weighted by Crippen LogP contribution is -2.14. The number of Topliss-reactive ketones (excluding diaryl/α,β-unsaturated/α-hetero) is 1. The maximum atomic E-state index is 13.4. The quantitative estimate of drug-likeness (QED) is 0.156. The van der Waals surface area contributed by atoms with Crippen LogP contribution >= 0.6 is 0 Å². The van der Waals surface area contributed by atoms with Crippen LogP contribution in [0.2, 0.25) is 0 Å². The Morgan fingerprint density at radius 3 is 2.48 bits per heavy atom. The molecule has 13 heteroatoms. The van der Waals surface area contributed by atoms with Crippen molar-refractivity contribution in [1.29, 1.82) is 5.26 Å². The highest BCUT2D eigenvalue weighted by Crippen LogP contribution is 2.40. The van der Waals surface area contributed by atoms with E-state index < -0.39 is 17.6 Å². The fourth-order valence-corrected chi connectivity index (χ4v) is 4.09. The molecule has 5 aromatic rings. The maximum absolute atomic E-state index is 13.4. The van der Waals surface area contributed by atoms with Gasteiger partial charge in [-0.2, -0.15) is 15.0 Å². The highest BCUT2D eigenvalue weighted by atomic mass is 16.5. The number of hydrogen-bond donors (Lipinski definition) is 2. The van der Waals surface area contributed by atoms with Gasteiger partial charge in [0.05, 0.1) is 24.4 Å². The van der Waals surface area contributed by atoms with Gasteiger partial charge in [-0.05, 0) is 42.6 Å². The van der Waals surface area contributed by atoms with Crippen LogP contribution in [-0.4, -0.2) is 49.6 Å². The fourth-order valence-electron chi connectivity index (χ4n) is 4.09. The number of anilines is 1. The van der Waals surface area contributed by atoms with Crippen molar-refractivity contribution in [1.82, 2.24) is 19.7 Å². The van der Waals surface area contributed by atoms with Crippen molar-refractivity contribution in [3.63, 3.8) is 0 Å². The van der Waals surface area contributed by atoms with Crippen molar-refractivity contribution in [3.05, 3.63) is 95.4 Å². The zero-order valence-corrected chi connectivity index (χ0v) is 22.1. The molecule has 2 N–H and O–H groups in total. The van der Waals surface area contributed by atoms with Crippen LogP contribution in [0.3, 0.4) is 0 Å². The number of methoxy groups -OCH3 is 1. The largest absolute Gasteiger partial charge is 0.505 e. The molecule has 206 valence electrons. The molecule has 0 atom stereocenters. The molecular formula is C29H20N8O5. The molecule has 0 aliphatic rings. The van der Waals surface area contributed by atoms with Gasteiger partial charge in [0.2, 0.25) is 0 Å². The molecule has 42 heavy (non-hydrogen) atoms. The summed E-state index contributed by atoms with van der Waals surface area (Å²) in [6, 6.07) is 16.1. The SMILES string of the molecule is COC(=O)c1cc(NC(=O)c2cc3ccccc3c(N=Nc3c(C#N)cnn3-c3ncccn3)c2O)cc(C(C)=O)c1. The molecule has 0 saturated heterocycles. The average molecular weight is 561 g/mol. The molecule has 5 rings (SSSR count). The summed E-state index contributed by atoms with van der Waals surface area (Å²) in [6.45, 7) is 1.32. The zero-order valence-electron chi connectivity index (χ0n) is 22.1. The Labute approximate surface area is 237 Å². The van der Waals surface area contributed by atoms with Crippen LogP contribution in [0.15, 0.2) is 83.4 Å². The standard InChI is InChI=1S/C29H20N8O5/c1-16(38)18-10-19(28(41)42-2)12-21(11-18)34-27(40)23-13-17-6-3-4-7-22(17)24(25(23)39)35-36-26-20(14-30)15-33-37(26)29-31-8-5-9-32-29/h3-13,15,39H,1-2H3,(H,34,40). The number of ketones is 1. The number of nitriles is 1. The van der Waals surface area contributed by atoms with E-state index in [0.717, 1.165) is 0 Å². The van der Waals surface area contributed by atoms with Gasteiger partial charge in [0.25, 0.3) is 11.9 Å². The molecule has 0 fully saturated rings. The Hall–Kier alpha value is -6.29. The molecule has 0 unspecified atom stereocenters. The number of nitrogens with zero attached hydrogens (tertiary/aromatic N) is 7. The van der Waals surface area contributed by atoms with E-state index in [1.807, 2.05) is 6.07 Å². The summed E-state index contributed by atoms with van der Waals surface area (Å²) in [5, 5.41) is 37.0. The minimum atomic E-state index is -0.744. The highest BCUT2D eigenvalue weighted by molar-refractivity contribution is 6.12. The number of aromatic hydroxyl groups is 1. The third kappa shape index (κ3) is 5.27. The minimum absolute atomic E-state index is 0.0124. The smallest absolute Gasteiger partial charge is 0.337 e. The second-order valence-corrected chi connectivity index (χ2v) is 8.80. The van der Waals surface area contributed by atoms with Gasteiger partial charge in [-0.1, -0.05) is 24.3 Å². The third-order valence-corrected chi connectivity index (χ3v) is 6.11. The third-order valence-electron chi connectivity index (χ3n) is 6.11. The number of azo groups is 1. The van der Waals surface area contributed by atoms with Crippen LogP contribution in [0.4, 0.5) is 17.2 Å². The van der Waals surface area contributed by atoms with Crippen molar-refractivity contribution >= 4 is 45.6 Å². The van der Waals surface area contributed by atoms with E-state index in [0.29, 0.717) is 10.8 Å². The van der Waals surface area contributed by atoms with Crippen molar-refractivity contribution in [2.45, 2.75) is 6.92 Å². The van der Waals surface area contributed by atoms with Gasteiger partial charge >= 0.3 is 5.97 Å². The summed E-state index contributed by atoms with van der Waals surface area (Å²) in [4.78, 5) is 45.8. The van der Waals surface area contributed by atoms with Crippen molar-refractivity contribution in [3.8, 4) is 17.8 Å². The average Bonchev–Trinajstić information content (AvgIpc) is 3.43. The van der Waals surface area contributed by atoms with E-state index in [1.165, 1.54) is 61.6 Å². The maximum Gasteiger partial charge on any atom is 0.337 e. The number of phenols is 1. The van der Waals surface area contributed by atoms with Gasteiger partial charge in [0.1, 0.15) is 17.3 Å². The number of aromatic nitrogens is 4. The molecule has 1 amide bonds. The number of benzene rings is 3. The summed E-state index contributed by atoms with van der Waals surface area (Å²) < 4.78 is 5.97. The monoisotopic (exact) mass is 560 g/mol. The number of phenolic OH excluding ortho intramolecular Hbond substituents is 1. The van der Waals surface area contributed by atoms with Crippen molar-refractivity contribution in [2.75, 3.05) is 12.4 Å². The van der Waals surface area contributed by atoms with Crippen LogP contribution in [0, 0.1) is 11.3 Å². The Bertz CT molecular complexity index is 1940. The summed E-state index contributed by atoms with van der Waals surface area (Å²) >= 11 is 0. The van der Waals surface area contributed by atoms with Gasteiger partial charge in [-0.15, -0.1) is 10.2 Å². The molecule has 0 radical (unpaired) electrons. The fraction of sp³-hybridized carbons (Fsp3) is 0.0690. The predicted octanol–water partition coefficient (Wildman–Crippen LogP) is 5.05. The molecule has 3 aromatic carbocycles. The van der Waals surface area contributed by atoms with Crippen molar-refractivity contribution < 1.29 is 24.2 Å². The van der Waals surface area contributed by atoms with E-state index in [2.05, 4.69) is 30.6 Å². The minimum Gasteiger partial charge on any atom is -0.505 e. The Balaban J connectivity index is 1.59. The number of nitrogens with one attached hydrogen (secondary N) is 1. The van der Waals surface area contributed by atoms with Gasteiger partial charge in [-0.3, -0.25) is 9.59 Å². The van der Waals surface area contributed by atoms with Gasteiger partial charge < -0.3 is 15.2 Å². The highest BCUT2D eigenvalue weighted by Gasteiger charge is 2.21. The topological polar surface area (TPSA) is 185 Å². The Morgan fingerprint density at radius 1 is 1.02 bits per heavy atom. The van der Waals surface area contributed by atoms with Crippen LogP contribution in [-0.2, 0) is 4.74 Å². The van der Waals surface area contributed by atoms with Crippen LogP contribution in [0.25, 0.3) is 16.7 Å². The zero-order chi connectivity index (χ0) is 29.8. The second-order valence-electron chi connectivity index (χ2n) is 8.80. The van der Waals surface area contributed by atoms with Gasteiger partial charge in [0.15, 0.2) is 17.4 Å². The predicted molar refractivity (Wildman–Crippen MR) is 149 cm³/mol. The van der Waals surface area contributed by atoms with Crippen LogP contribution in [0.5, 0.6) is 5.75 Å². The van der Waals surface area contributed by atoms with Crippen LogP contribution in [0.1, 0.15) is 43.6 Å². The first-order valence-corrected chi connectivity index (χ1v) is 12.3. The van der Waals surface area contributed by atoms with Crippen molar-refractivity contribution in [2.24, 2.45) is 10.2 Å². The number of rotatable bonds is 7. The lowest BCUT2D eigenvalue weighted by molar-refractivity contribution is 0.0600. The van der Waals surface area contributed by atoms with E-state index in [9.17, 15) is 24.8 Å². The molecule has 0 saturated carbocycles. The summed E-state index contributed by atoms with van der Waals surface area (Å²) in [6.07, 6.45) is 4.28. The number of hydrogen-bond acceptors (Lipinski definition) is 11. The molecule has 0 aliphatic heterocycles. The lowest BCUT2D eigenvalue weighted by Gasteiger charge is -2.12. The van der Waals surface area contributed by atoms with Crippen LogP contribution < -0.4 is 5.32 Å².